The number of anilines is 2. The van der Waals surface area contributed by atoms with Crippen molar-refractivity contribution in [2.45, 2.75) is 32.7 Å². The summed E-state index contributed by atoms with van der Waals surface area (Å²) in [7, 11) is 3.76. The second-order valence-electron chi connectivity index (χ2n) is 7.85. The van der Waals surface area contributed by atoms with Gasteiger partial charge < -0.3 is 14.6 Å². The van der Waals surface area contributed by atoms with E-state index in [4.69, 9.17) is 9.72 Å². The molecule has 156 valence electrons. The predicted octanol–water partition coefficient (Wildman–Crippen LogP) is 4.74. The SMILES string of the molecule is COCCCn1cc(-c2cnc3ccc(Nc4cc(C(C)C)cn4C)nc3c2)cn1. The number of ether oxygens (including phenoxy) is 1. The summed E-state index contributed by atoms with van der Waals surface area (Å²) in [4.78, 5) is 9.37. The van der Waals surface area contributed by atoms with Crippen LogP contribution in [0.25, 0.3) is 22.2 Å². The Morgan fingerprint density at radius 3 is 2.70 bits per heavy atom. The van der Waals surface area contributed by atoms with Crippen LogP contribution in [0.5, 0.6) is 0 Å². The molecule has 0 saturated heterocycles. The minimum atomic E-state index is 0.485. The van der Waals surface area contributed by atoms with Gasteiger partial charge in [-0.3, -0.25) is 9.67 Å². The Morgan fingerprint density at radius 1 is 1.07 bits per heavy atom. The van der Waals surface area contributed by atoms with E-state index < -0.39 is 0 Å². The van der Waals surface area contributed by atoms with Crippen LogP contribution in [0.15, 0.2) is 49.1 Å². The molecule has 4 heterocycles. The summed E-state index contributed by atoms with van der Waals surface area (Å²) in [5, 5.41) is 7.87. The Kier molecular flexibility index (Phi) is 5.81. The normalized spacial score (nSPS) is 11.5. The fourth-order valence-electron chi connectivity index (χ4n) is 3.40. The first-order valence-electron chi connectivity index (χ1n) is 10.3. The molecule has 4 aromatic heterocycles. The Labute approximate surface area is 176 Å². The van der Waals surface area contributed by atoms with E-state index in [1.165, 1.54) is 5.56 Å². The lowest BCUT2D eigenvalue weighted by Crippen LogP contribution is -2.01. The highest BCUT2D eigenvalue weighted by molar-refractivity contribution is 5.81. The predicted molar refractivity (Wildman–Crippen MR) is 120 cm³/mol. The number of fused-ring (bicyclic) bond motifs is 1. The van der Waals surface area contributed by atoms with Gasteiger partial charge in [-0.25, -0.2) is 4.98 Å². The monoisotopic (exact) mass is 404 g/mol. The van der Waals surface area contributed by atoms with E-state index in [1.54, 1.807) is 7.11 Å². The molecule has 0 amide bonds. The van der Waals surface area contributed by atoms with Crippen molar-refractivity contribution in [2.24, 2.45) is 7.05 Å². The topological polar surface area (TPSA) is 69.8 Å². The van der Waals surface area contributed by atoms with E-state index in [9.17, 15) is 0 Å². The van der Waals surface area contributed by atoms with E-state index >= 15 is 0 Å². The van der Waals surface area contributed by atoms with Gasteiger partial charge in [0.25, 0.3) is 0 Å². The van der Waals surface area contributed by atoms with Crippen LogP contribution in [0.4, 0.5) is 11.6 Å². The maximum atomic E-state index is 5.11. The number of rotatable bonds is 8. The van der Waals surface area contributed by atoms with Crippen molar-refractivity contribution in [3.8, 4) is 11.1 Å². The molecule has 0 aliphatic carbocycles. The van der Waals surface area contributed by atoms with Crippen LogP contribution in [0.2, 0.25) is 0 Å². The highest BCUT2D eigenvalue weighted by Gasteiger charge is 2.09. The highest BCUT2D eigenvalue weighted by atomic mass is 16.5. The standard InChI is InChI=1S/C23H28N6O/c1-16(2)18-11-23(28(3)14-18)27-22-7-6-20-21(26-22)10-17(12-24-20)19-13-25-29(15-19)8-5-9-30-4/h6-7,10-16H,5,8-9H2,1-4H3,(H,26,27). The summed E-state index contributed by atoms with van der Waals surface area (Å²) in [5.41, 5.74) is 5.05. The Morgan fingerprint density at radius 2 is 1.93 bits per heavy atom. The molecule has 30 heavy (non-hydrogen) atoms. The number of hydrogen-bond acceptors (Lipinski definition) is 5. The minimum absolute atomic E-state index is 0.485. The van der Waals surface area contributed by atoms with Crippen LogP contribution in [-0.2, 0) is 18.3 Å². The van der Waals surface area contributed by atoms with Gasteiger partial charge in [0.1, 0.15) is 11.6 Å². The van der Waals surface area contributed by atoms with Crippen molar-refractivity contribution in [3.05, 3.63) is 54.6 Å². The number of pyridine rings is 2. The van der Waals surface area contributed by atoms with Crippen LogP contribution in [0.3, 0.4) is 0 Å². The van der Waals surface area contributed by atoms with Crippen LogP contribution < -0.4 is 5.32 Å². The maximum Gasteiger partial charge on any atom is 0.132 e. The largest absolute Gasteiger partial charge is 0.385 e. The van der Waals surface area contributed by atoms with Crippen LogP contribution in [-0.4, -0.2) is 38.0 Å². The number of aryl methyl sites for hydroxylation is 2. The Hall–Kier alpha value is -3.19. The molecule has 4 aromatic rings. The van der Waals surface area contributed by atoms with Crippen LogP contribution in [0.1, 0.15) is 31.7 Å². The van der Waals surface area contributed by atoms with Crippen molar-refractivity contribution in [3.63, 3.8) is 0 Å². The van der Waals surface area contributed by atoms with E-state index in [2.05, 4.69) is 52.1 Å². The second kappa shape index (κ2) is 8.67. The lowest BCUT2D eigenvalue weighted by atomic mass is 10.1. The first kappa shape index (κ1) is 20.1. The van der Waals surface area contributed by atoms with Crippen LogP contribution >= 0.6 is 0 Å². The summed E-state index contributed by atoms with van der Waals surface area (Å²) < 4.78 is 9.14. The molecule has 0 unspecified atom stereocenters. The number of hydrogen-bond donors (Lipinski definition) is 1. The average molecular weight is 405 g/mol. The van der Waals surface area contributed by atoms with Gasteiger partial charge >= 0.3 is 0 Å². The zero-order chi connectivity index (χ0) is 21.1. The number of nitrogens with one attached hydrogen (secondary N) is 1. The maximum absolute atomic E-state index is 5.11. The first-order valence-corrected chi connectivity index (χ1v) is 10.3. The van der Waals surface area contributed by atoms with Crippen molar-refractivity contribution in [1.82, 2.24) is 24.3 Å². The number of methoxy groups -OCH3 is 1. The minimum Gasteiger partial charge on any atom is -0.385 e. The number of nitrogens with zero attached hydrogens (tertiary/aromatic N) is 5. The van der Waals surface area contributed by atoms with Gasteiger partial charge in [0.2, 0.25) is 0 Å². The molecule has 4 rings (SSSR count). The molecule has 0 spiro atoms. The van der Waals surface area contributed by atoms with Crippen molar-refractivity contribution in [2.75, 3.05) is 19.0 Å². The summed E-state index contributed by atoms with van der Waals surface area (Å²) in [6.45, 7) is 5.95. The lowest BCUT2D eigenvalue weighted by molar-refractivity contribution is 0.189. The molecule has 0 aliphatic rings. The van der Waals surface area contributed by atoms with Gasteiger partial charge in [-0.05, 0) is 42.2 Å². The first-order chi connectivity index (χ1) is 14.5. The molecule has 1 N–H and O–H groups in total. The fraction of sp³-hybridized carbons (Fsp3) is 0.348. The average Bonchev–Trinajstić information content (AvgIpc) is 3.35. The van der Waals surface area contributed by atoms with E-state index in [-0.39, 0.29) is 0 Å². The molecule has 0 aromatic carbocycles. The van der Waals surface area contributed by atoms with E-state index in [1.807, 2.05) is 42.5 Å². The summed E-state index contributed by atoms with van der Waals surface area (Å²) in [6, 6.07) is 8.19. The summed E-state index contributed by atoms with van der Waals surface area (Å²) in [5.74, 6) is 2.30. The summed E-state index contributed by atoms with van der Waals surface area (Å²) >= 11 is 0. The zero-order valence-electron chi connectivity index (χ0n) is 18.0. The molecule has 0 fully saturated rings. The third-order valence-electron chi connectivity index (χ3n) is 5.19. The van der Waals surface area contributed by atoms with Crippen molar-refractivity contribution < 1.29 is 4.74 Å². The van der Waals surface area contributed by atoms with Gasteiger partial charge in [-0.15, -0.1) is 0 Å². The second-order valence-corrected chi connectivity index (χ2v) is 7.85. The quantitative estimate of drug-likeness (QED) is 0.430. The lowest BCUT2D eigenvalue weighted by Gasteiger charge is -2.08. The van der Waals surface area contributed by atoms with Gasteiger partial charge in [0.05, 0.1) is 17.2 Å². The van der Waals surface area contributed by atoms with Gasteiger partial charge in [-0.2, -0.15) is 5.10 Å². The van der Waals surface area contributed by atoms with Crippen LogP contribution in [0, 0.1) is 0 Å². The van der Waals surface area contributed by atoms with Crippen molar-refractivity contribution in [1.29, 1.82) is 0 Å². The third-order valence-corrected chi connectivity index (χ3v) is 5.19. The molecule has 0 aliphatic heterocycles. The third kappa shape index (κ3) is 4.36. The molecule has 0 saturated carbocycles. The smallest absolute Gasteiger partial charge is 0.132 e. The molecule has 0 atom stereocenters. The highest BCUT2D eigenvalue weighted by Crippen LogP contribution is 2.25. The van der Waals surface area contributed by atoms with Gasteiger partial charge in [-0.1, -0.05) is 13.8 Å². The van der Waals surface area contributed by atoms with Crippen molar-refractivity contribution >= 4 is 22.7 Å². The van der Waals surface area contributed by atoms with E-state index in [0.29, 0.717) is 5.92 Å². The summed E-state index contributed by atoms with van der Waals surface area (Å²) in [6.07, 6.45) is 8.87. The Bertz CT molecular complexity index is 1140. The molecular formula is C23H28N6O. The number of aromatic nitrogens is 5. The fourth-order valence-corrected chi connectivity index (χ4v) is 3.40. The zero-order valence-corrected chi connectivity index (χ0v) is 18.0. The molecule has 0 radical (unpaired) electrons. The molecular weight excluding hydrogens is 376 g/mol. The molecule has 7 nitrogen and oxygen atoms in total. The Balaban J connectivity index is 1.57. The van der Waals surface area contributed by atoms with Gasteiger partial charge in [0, 0.05) is 57.0 Å². The molecule has 7 heteroatoms. The molecule has 0 bridgehead atoms. The van der Waals surface area contributed by atoms with Gasteiger partial charge in [0.15, 0.2) is 0 Å². The van der Waals surface area contributed by atoms with E-state index in [0.717, 1.165) is 53.4 Å².